The fraction of sp³-hybridized carbons (Fsp3) is 0.105. The van der Waals surface area contributed by atoms with Gasteiger partial charge in [-0.05, 0) is 0 Å². The van der Waals surface area contributed by atoms with Crippen LogP contribution in [0, 0.1) is 28.5 Å². The van der Waals surface area contributed by atoms with Gasteiger partial charge in [-0.15, -0.1) is 35.8 Å². The second-order valence-corrected chi connectivity index (χ2v) is 6.43. The maximum Gasteiger partial charge on any atom is -0.0809 e. The van der Waals surface area contributed by atoms with Crippen LogP contribution in [0.1, 0.15) is 13.8 Å². The van der Waals surface area contributed by atoms with E-state index in [1.165, 1.54) is 14.0 Å². The second kappa shape index (κ2) is 15.3. The molecule has 0 bridgehead atoms. The minimum atomic E-state index is 0. The van der Waals surface area contributed by atoms with Crippen LogP contribution in [0.3, 0.4) is 0 Å². The van der Waals surface area contributed by atoms with E-state index >= 15 is 0 Å². The molecule has 3 aromatic rings. The molecule has 0 unspecified atom stereocenters. The zero-order valence-electron chi connectivity index (χ0n) is 13.8. The van der Waals surface area contributed by atoms with Crippen molar-refractivity contribution >= 4 is 14.0 Å². The van der Waals surface area contributed by atoms with Crippen molar-refractivity contribution in [1.82, 2.24) is 4.98 Å². The fourth-order valence-corrected chi connectivity index (χ4v) is 1.31. The van der Waals surface area contributed by atoms with Crippen LogP contribution in [0.5, 0.6) is 0 Å². The maximum atomic E-state index is 2.74. The molecule has 0 fully saturated rings. The molecule has 0 spiro atoms. The summed E-state index contributed by atoms with van der Waals surface area (Å²) in [4.78, 5) is 2.74. The Morgan fingerprint density at radius 2 is 1.67 bits per heavy atom. The van der Waals surface area contributed by atoms with E-state index < -0.39 is 0 Å². The Labute approximate surface area is 146 Å². The van der Waals surface area contributed by atoms with E-state index in [9.17, 15) is 0 Å². The Bertz CT molecular complexity index is 498. The van der Waals surface area contributed by atoms with E-state index in [1.54, 1.807) is 24.2 Å². The number of hydrogen-bond acceptors (Lipinski definition) is 0. The van der Waals surface area contributed by atoms with Crippen LogP contribution >= 0.6 is 0 Å². The van der Waals surface area contributed by atoms with E-state index in [0.717, 1.165) is 0 Å². The summed E-state index contributed by atoms with van der Waals surface area (Å²) in [6, 6.07) is 18.4. The molecular weight excluding hydrogens is 333 g/mol. The van der Waals surface area contributed by atoms with Gasteiger partial charge in [0, 0.05) is 0 Å². The van der Waals surface area contributed by atoms with Crippen molar-refractivity contribution in [2.24, 2.45) is 0 Å². The summed E-state index contributed by atoms with van der Waals surface area (Å²) in [5.74, 6) is 0. The van der Waals surface area contributed by atoms with Gasteiger partial charge in [-0.3, -0.25) is 0 Å². The van der Waals surface area contributed by atoms with Crippen LogP contribution in [-0.4, -0.2) is 8.19 Å². The van der Waals surface area contributed by atoms with Gasteiger partial charge in [0.1, 0.15) is 0 Å². The van der Waals surface area contributed by atoms with Gasteiger partial charge in [0.15, 0.2) is 0 Å². The minimum Gasteiger partial charge on any atom is -0.484 e. The third-order valence-electron chi connectivity index (χ3n) is 1.99. The summed E-state index contributed by atoms with van der Waals surface area (Å²) < 4.78 is 1.51. The van der Waals surface area contributed by atoms with Crippen molar-refractivity contribution in [1.29, 1.82) is 0 Å². The first-order valence-electron chi connectivity index (χ1n) is 5.82. The summed E-state index contributed by atoms with van der Waals surface area (Å²) in [5.41, 5.74) is 0. The summed E-state index contributed by atoms with van der Waals surface area (Å²) in [6.45, 7) is 4.25. The van der Waals surface area contributed by atoms with Gasteiger partial charge in [-0.1, -0.05) is 6.07 Å². The van der Waals surface area contributed by atoms with Crippen molar-refractivity contribution in [3.05, 3.63) is 89.3 Å². The van der Waals surface area contributed by atoms with Crippen molar-refractivity contribution in [2.45, 2.75) is 13.8 Å². The number of aromatic nitrogens is 1. The van der Waals surface area contributed by atoms with Gasteiger partial charge in [-0.25, -0.2) is 0 Å². The molecule has 0 radical (unpaired) electrons. The van der Waals surface area contributed by atoms with Gasteiger partial charge in [0.25, 0.3) is 0 Å². The van der Waals surface area contributed by atoms with Crippen LogP contribution in [0.25, 0.3) is 10.8 Å². The Morgan fingerprint density at radius 3 is 2.10 bits per heavy atom. The fourth-order valence-electron chi connectivity index (χ4n) is 1.31. The van der Waals surface area contributed by atoms with Crippen LogP contribution in [0.4, 0.5) is 0 Å². The largest absolute Gasteiger partial charge is 0.484 e. The van der Waals surface area contributed by atoms with E-state index in [2.05, 4.69) is 67.5 Å². The molecule has 0 amide bonds. The first kappa shape index (κ1) is 24.9. The summed E-state index contributed by atoms with van der Waals surface area (Å²) >= 11 is 1.55. The number of fused-ring (bicyclic) bond motifs is 1. The van der Waals surface area contributed by atoms with Crippen molar-refractivity contribution in [2.75, 3.05) is 0 Å². The van der Waals surface area contributed by atoms with E-state index in [-0.39, 0.29) is 22.3 Å². The smallest absolute Gasteiger partial charge is 0.0809 e. The number of rotatable bonds is 0. The molecular formula is C19H26NZr-5. The van der Waals surface area contributed by atoms with E-state index in [1.807, 2.05) is 18.3 Å². The standard InChI is InChI=1S/C9H7.C4H4N.C3H6.3CH3.Zr/c1-2-5-9-7-3-6-8(9)4-1;1-2-4-5-3-1;1-3-2;;;;/h1-7H;1-3,5H;1-2H3;3*1H3;/q2*-1;;3*-1;. The van der Waals surface area contributed by atoms with Crippen molar-refractivity contribution in [3.63, 3.8) is 0 Å². The summed E-state index contributed by atoms with van der Waals surface area (Å²) in [5, 5.41) is 2.66. The SMILES string of the molecule is C[C](C)=[Zr].[CH3-].[CH3-].[CH3-].[c-]1ccc[nH]1.c1ccc2[cH-]ccc2c1. The first-order chi connectivity index (χ1) is 8.70. The topological polar surface area (TPSA) is 15.8 Å². The van der Waals surface area contributed by atoms with Crippen LogP contribution in [0.15, 0.2) is 60.8 Å². The molecule has 0 aliphatic rings. The van der Waals surface area contributed by atoms with Crippen LogP contribution in [0.2, 0.25) is 0 Å². The molecule has 0 saturated heterocycles. The molecule has 1 nitrogen and oxygen atoms in total. The molecule has 2 aromatic carbocycles. The molecule has 116 valence electrons. The average molecular weight is 360 g/mol. The normalized spacial score (nSPS) is 7.48. The number of benzene rings is 1. The summed E-state index contributed by atoms with van der Waals surface area (Å²) in [7, 11) is 0. The van der Waals surface area contributed by atoms with Gasteiger partial charge in [0.2, 0.25) is 0 Å². The molecule has 21 heavy (non-hydrogen) atoms. The van der Waals surface area contributed by atoms with Gasteiger partial charge in [0.05, 0.1) is 0 Å². The third-order valence-corrected chi connectivity index (χ3v) is 1.99. The molecule has 3 rings (SSSR count). The first-order valence-corrected chi connectivity index (χ1v) is 7.04. The Kier molecular flexibility index (Phi) is 18.1. The average Bonchev–Trinajstić information content (AvgIpc) is 3.03. The molecule has 2 heteroatoms. The predicted molar refractivity (Wildman–Crippen MR) is 94.8 cm³/mol. The summed E-state index contributed by atoms with van der Waals surface area (Å²) in [6.07, 6.45) is 4.56. The van der Waals surface area contributed by atoms with Crippen LogP contribution < -0.4 is 0 Å². The zero-order chi connectivity index (χ0) is 13.2. The molecule has 1 aromatic heterocycles. The zero-order valence-corrected chi connectivity index (χ0v) is 16.2. The minimum absolute atomic E-state index is 0. The third kappa shape index (κ3) is 12.3. The Morgan fingerprint density at radius 1 is 1.05 bits per heavy atom. The maximum absolute atomic E-state index is 2.74. The molecule has 0 saturated carbocycles. The van der Waals surface area contributed by atoms with Gasteiger partial charge < -0.3 is 27.3 Å². The quantitative estimate of drug-likeness (QED) is 0.512. The Balaban J connectivity index is -0.000000238. The van der Waals surface area contributed by atoms with Crippen LogP contribution in [-0.2, 0) is 24.2 Å². The second-order valence-electron chi connectivity index (χ2n) is 3.97. The number of hydrogen-bond donors (Lipinski definition) is 1. The predicted octanol–water partition coefficient (Wildman–Crippen LogP) is 5.47. The molecule has 0 atom stereocenters. The molecule has 1 heterocycles. The number of nitrogens with one attached hydrogen (secondary N) is 1. The van der Waals surface area contributed by atoms with E-state index in [4.69, 9.17) is 0 Å². The van der Waals surface area contributed by atoms with Gasteiger partial charge >= 0.3 is 41.3 Å². The molecule has 0 aliphatic carbocycles. The molecule has 0 aliphatic heterocycles. The van der Waals surface area contributed by atoms with Crippen molar-refractivity contribution < 1.29 is 24.2 Å². The van der Waals surface area contributed by atoms with E-state index in [0.29, 0.717) is 0 Å². The van der Waals surface area contributed by atoms with Crippen molar-refractivity contribution in [3.8, 4) is 0 Å². The number of H-pyrrole nitrogens is 1. The monoisotopic (exact) mass is 358 g/mol. The molecule has 1 N–H and O–H groups in total. The Hall–Kier alpha value is -1.14. The number of aromatic amines is 1. The van der Waals surface area contributed by atoms with Gasteiger partial charge in [-0.2, -0.15) is 35.8 Å².